The number of ether oxygens (including phenoxy) is 1. The van der Waals surface area contributed by atoms with E-state index in [9.17, 15) is 8.42 Å². The maximum absolute atomic E-state index is 12.4. The number of hydrogen-bond acceptors (Lipinski definition) is 4. The standard InChI is InChI=1S/C19H26N2O3S/c1-4-21(5-2)17-9-7-16(8-10-17)15-20-25(22,23)19-13-11-18(12-14-19)24-6-3/h7-14,20H,4-6,15H2,1-3H3. The first kappa shape index (κ1) is 19.3. The summed E-state index contributed by atoms with van der Waals surface area (Å²) in [5.74, 6) is 0.661. The first-order valence-electron chi connectivity index (χ1n) is 8.56. The van der Waals surface area contributed by atoms with Gasteiger partial charge in [0.2, 0.25) is 10.0 Å². The van der Waals surface area contributed by atoms with E-state index in [0.29, 0.717) is 12.4 Å². The van der Waals surface area contributed by atoms with Crippen molar-refractivity contribution in [2.24, 2.45) is 0 Å². The normalized spacial score (nSPS) is 11.3. The zero-order chi connectivity index (χ0) is 18.3. The minimum atomic E-state index is -3.54. The number of hydrogen-bond donors (Lipinski definition) is 1. The molecule has 2 aromatic carbocycles. The van der Waals surface area contributed by atoms with Crippen LogP contribution in [0.15, 0.2) is 53.4 Å². The monoisotopic (exact) mass is 362 g/mol. The third-order valence-corrected chi connectivity index (χ3v) is 5.39. The minimum absolute atomic E-state index is 0.232. The summed E-state index contributed by atoms with van der Waals surface area (Å²) in [6.45, 7) is 8.81. The molecule has 0 heterocycles. The van der Waals surface area contributed by atoms with Gasteiger partial charge in [-0.15, -0.1) is 0 Å². The van der Waals surface area contributed by atoms with Crippen LogP contribution in [0, 0.1) is 0 Å². The summed E-state index contributed by atoms with van der Waals surface area (Å²) in [5, 5.41) is 0. The van der Waals surface area contributed by atoms with Crippen LogP contribution in [-0.4, -0.2) is 28.1 Å². The second-order valence-corrected chi connectivity index (χ2v) is 7.33. The Morgan fingerprint density at radius 1 is 0.920 bits per heavy atom. The molecule has 0 aliphatic heterocycles. The fourth-order valence-corrected chi connectivity index (χ4v) is 3.57. The highest BCUT2D eigenvalue weighted by molar-refractivity contribution is 7.89. The van der Waals surface area contributed by atoms with E-state index in [1.165, 1.54) is 0 Å². The quantitative estimate of drug-likeness (QED) is 0.743. The maximum Gasteiger partial charge on any atom is 0.240 e. The molecule has 0 saturated carbocycles. The highest BCUT2D eigenvalue weighted by Crippen LogP contribution is 2.17. The molecule has 0 spiro atoms. The van der Waals surface area contributed by atoms with E-state index < -0.39 is 10.0 Å². The number of benzene rings is 2. The van der Waals surface area contributed by atoms with E-state index in [4.69, 9.17) is 4.74 Å². The molecule has 0 unspecified atom stereocenters. The van der Waals surface area contributed by atoms with Crippen LogP contribution in [0.25, 0.3) is 0 Å². The Hall–Kier alpha value is -2.05. The fraction of sp³-hybridized carbons (Fsp3) is 0.368. The van der Waals surface area contributed by atoms with Crippen molar-refractivity contribution < 1.29 is 13.2 Å². The molecule has 0 bridgehead atoms. The second kappa shape index (κ2) is 8.87. The molecule has 0 aromatic heterocycles. The van der Waals surface area contributed by atoms with Gasteiger partial charge in [-0.25, -0.2) is 13.1 Å². The van der Waals surface area contributed by atoms with Gasteiger partial charge in [-0.1, -0.05) is 12.1 Å². The number of sulfonamides is 1. The summed E-state index contributed by atoms with van der Waals surface area (Å²) < 4.78 is 32.7. The summed E-state index contributed by atoms with van der Waals surface area (Å²) in [7, 11) is -3.54. The number of nitrogens with one attached hydrogen (secondary N) is 1. The Bertz CT molecular complexity index is 752. The van der Waals surface area contributed by atoms with Crippen molar-refractivity contribution in [2.45, 2.75) is 32.2 Å². The highest BCUT2D eigenvalue weighted by Gasteiger charge is 2.13. The lowest BCUT2D eigenvalue weighted by Gasteiger charge is -2.21. The van der Waals surface area contributed by atoms with Crippen LogP contribution >= 0.6 is 0 Å². The smallest absolute Gasteiger partial charge is 0.240 e. The zero-order valence-corrected chi connectivity index (χ0v) is 15.8. The molecule has 0 amide bonds. The number of anilines is 1. The lowest BCUT2D eigenvalue weighted by Crippen LogP contribution is -2.23. The Kier molecular flexibility index (Phi) is 6.84. The molecule has 0 aliphatic rings. The largest absolute Gasteiger partial charge is 0.494 e. The van der Waals surface area contributed by atoms with E-state index in [0.717, 1.165) is 24.3 Å². The molecule has 0 fully saturated rings. The van der Waals surface area contributed by atoms with Crippen molar-refractivity contribution in [3.8, 4) is 5.75 Å². The van der Waals surface area contributed by atoms with E-state index in [2.05, 4.69) is 23.5 Å². The van der Waals surface area contributed by atoms with Crippen LogP contribution < -0.4 is 14.4 Å². The lowest BCUT2D eigenvalue weighted by molar-refractivity contribution is 0.340. The van der Waals surface area contributed by atoms with Crippen molar-refractivity contribution in [3.63, 3.8) is 0 Å². The molecule has 1 N–H and O–H groups in total. The molecule has 0 saturated heterocycles. The molecule has 2 aromatic rings. The van der Waals surface area contributed by atoms with Gasteiger partial charge in [-0.3, -0.25) is 0 Å². The molecule has 6 heteroatoms. The van der Waals surface area contributed by atoms with Crippen LogP contribution in [0.4, 0.5) is 5.69 Å². The zero-order valence-electron chi connectivity index (χ0n) is 15.0. The van der Waals surface area contributed by atoms with E-state index in [-0.39, 0.29) is 11.4 Å². The first-order chi connectivity index (χ1) is 12.0. The SMILES string of the molecule is CCOc1ccc(S(=O)(=O)NCc2ccc(N(CC)CC)cc2)cc1. The molecular weight excluding hydrogens is 336 g/mol. The average molecular weight is 362 g/mol. The molecule has 136 valence electrons. The minimum Gasteiger partial charge on any atom is -0.494 e. The molecule has 2 rings (SSSR count). The molecule has 5 nitrogen and oxygen atoms in total. The van der Waals surface area contributed by atoms with Crippen molar-refractivity contribution in [3.05, 3.63) is 54.1 Å². The molecular formula is C19H26N2O3S. The van der Waals surface area contributed by atoms with Crippen LogP contribution in [0.5, 0.6) is 5.75 Å². The summed E-state index contributed by atoms with van der Waals surface area (Å²) in [6.07, 6.45) is 0. The fourth-order valence-electron chi connectivity index (χ4n) is 2.56. The van der Waals surface area contributed by atoms with Gasteiger partial charge >= 0.3 is 0 Å². The maximum atomic E-state index is 12.4. The third-order valence-electron chi connectivity index (χ3n) is 3.98. The number of rotatable bonds is 9. The van der Waals surface area contributed by atoms with Gasteiger partial charge in [-0.2, -0.15) is 0 Å². The average Bonchev–Trinajstić information content (AvgIpc) is 2.63. The number of nitrogens with zero attached hydrogens (tertiary/aromatic N) is 1. The Morgan fingerprint density at radius 2 is 1.52 bits per heavy atom. The van der Waals surface area contributed by atoms with Crippen LogP contribution in [-0.2, 0) is 16.6 Å². The van der Waals surface area contributed by atoms with Crippen molar-refractivity contribution in [1.29, 1.82) is 0 Å². The Labute approximate surface area is 150 Å². The molecule has 0 aliphatic carbocycles. The molecule has 0 radical (unpaired) electrons. The van der Waals surface area contributed by atoms with Gasteiger partial charge in [0.15, 0.2) is 0 Å². The predicted molar refractivity (Wildman–Crippen MR) is 102 cm³/mol. The third kappa shape index (κ3) is 5.21. The van der Waals surface area contributed by atoms with E-state index in [1.807, 2.05) is 31.2 Å². The van der Waals surface area contributed by atoms with Gasteiger partial charge in [0.05, 0.1) is 11.5 Å². The topological polar surface area (TPSA) is 58.6 Å². The van der Waals surface area contributed by atoms with Crippen LogP contribution in [0.3, 0.4) is 0 Å². The summed E-state index contributed by atoms with van der Waals surface area (Å²) >= 11 is 0. The van der Waals surface area contributed by atoms with Crippen LogP contribution in [0.2, 0.25) is 0 Å². The van der Waals surface area contributed by atoms with Crippen molar-refractivity contribution in [2.75, 3.05) is 24.6 Å². The molecule has 0 atom stereocenters. The van der Waals surface area contributed by atoms with Gasteiger partial charge in [0, 0.05) is 25.3 Å². The lowest BCUT2D eigenvalue weighted by atomic mass is 10.2. The Morgan fingerprint density at radius 3 is 2.04 bits per heavy atom. The summed E-state index contributed by atoms with van der Waals surface area (Å²) in [5.41, 5.74) is 2.06. The van der Waals surface area contributed by atoms with Gasteiger partial charge < -0.3 is 9.64 Å². The summed E-state index contributed by atoms with van der Waals surface area (Å²) in [4.78, 5) is 2.48. The Balaban J connectivity index is 2.01. The summed E-state index contributed by atoms with van der Waals surface area (Å²) in [6, 6.07) is 14.4. The van der Waals surface area contributed by atoms with Gasteiger partial charge in [-0.05, 0) is 62.7 Å². The van der Waals surface area contributed by atoms with E-state index >= 15 is 0 Å². The first-order valence-corrected chi connectivity index (χ1v) is 10.0. The van der Waals surface area contributed by atoms with Crippen molar-refractivity contribution in [1.82, 2.24) is 4.72 Å². The molecule has 25 heavy (non-hydrogen) atoms. The highest BCUT2D eigenvalue weighted by atomic mass is 32.2. The second-order valence-electron chi connectivity index (χ2n) is 5.57. The van der Waals surface area contributed by atoms with Crippen LogP contribution in [0.1, 0.15) is 26.3 Å². The van der Waals surface area contributed by atoms with Gasteiger partial charge in [0.25, 0.3) is 0 Å². The van der Waals surface area contributed by atoms with Gasteiger partial charge in [0.1, 0.15) is 5.75 Å². The predicted octanol–water partition coefficient (Wildman–Crippen LogP) is 3.41. The van der Waals surface area contributed by atoms with E-state index in [1.54, 1.807) is 24.3 Å². The van der Waals surface area contributed by atoms with Crippen molar-refractivity contribution >= 4 is 15.7 Å².